The van der Waals surface area contributed by atoms with Crippen LogP contribution in [-0.2, 0) is 0 Å². The minimum absolute atomic E-state index is 0.118. The summed E-state index contributed by atoms with van der Waals surface area (Å²) < 4.78 is 0. The fourth-order valence-corrected chi connectivity index (χ4v) is 0.354. The molecule has 2 atom stereocenters. The van der Waals surface area contributed by atoms with E-state index in [1.54, 1.807) is 6.08 Å². The van der Waals surface area contributed by atoms with E-state index in [1.165, 1.54) is 6.08 Å². The highest BCUT2D eigenvalue weighted by atomic mass is 16.3. The van der Waals surface area contributed by atoms with Crippen LogP contribution in [0.15, 0.2) is 25.3 Å². The Hall–Kier alpha value is -0.560. The van der Waals surface area contributed by atoms with Gasteiger partial charge >= 0.3 is 0 Å². The molecule has 46 valence electrons. The van der Waals surface area contributed by atoms with Crippen LogP contribution in [0.3, 0.4) is 0 Å². The quantitative estimate of drug-likeness (QED) is 0.546. The standard InChI is InChI=1S/C7H12O/c1-4-6(3)7(8)5-2/h4-8H,1-2H2,3H3/t6-,7-/m0/s1. The minimum atomic E-state index is -0.438. The SMILES string of the molecule is C=C[C@H](C)[C@@H](O)C=C. The second-order valence-corrected chi connectivity index (χ2v) is 1.82. The summed E-state index contributed by atoms with van der Waals surface area (Å²) >= 11 is 0. The lowest BCUT2D eigenvalue weighted by atomic mass is 10.1. The molecule has 8 heavy (non-hydrogen) atoms. The molecule has 1 N–H and O–H groups in total. The van der Waals surface area contributed by atoms with Gasteiger partial charge in [0.05, 0.1) is 6.10 Å². The van der Waals surface area contributed by atoms with Gasteiger partial charge in [0.15, 0.2) is 0 Å². The average Bonchev–Trinajstić information content (AvgIpc) is 1.84. The van der Waals surface area contributed by atoms with Crippen LogP contribution in [0.25, 0.3) is 0 Å². The first-order chi connectivity index (χ1) is 3.72. The van der Waals surface area contributed by atoms with Crippen LogP contribution in [0.2, 0.25) is 0 Å². The summed E-state index contributed by atoms with van der Waals surface area (Å²) in [5.41, 5.74) is 0. The zero-order valence-electron chi connectivity index (χ0n) is 5.17. The van der Waals surface area contributed by atoms with E-state index in [2.05, 4.69) is 13.2 Å². The summed E-state index contributed by atoms with van der Waals surface area (Å²) in [6, 6.07) is 0. The predicted octanol–water partition coefficient (Wildman–Crippen LogP) is 1.36. The van der Waals surface area contributed by atoms with Crippen molar-refractivity contribution in [1.29, 1.82) is 0 Å². The van der Waals surface area contributed by atoms with Crippen LogP contribution < -0.4 is 0 Å². The predicted molar refractivity (Wildman–Crippen MR) is 35.6 cm³/mol. The van der Waals surface area contributed by atoms with Gasteiger partial charge < -0.3 is 5.11 Å². The van der Waals surface area contributed by atoms with Crippen molar-refractivity contribution in [2.75, 3.05) is 0 Å². The molecule has 0 aliphatic rings. The maximum atomic E-state index is 8.94. The van der Waals surface area contributed by atoms with Crippen molar-refractivity contribution in [2.45, 2.75) is 13.0 Å². The van der Waals surface area contributed by atoms with Gasteiger partial charge in [-0.05, 0) is 0 Å². The second kappa shape index (κ2) is 3.44. The van der Waals surface area contributed by atoms with E-state index >= 15 is 0 Å². The second-order valence-electron chi connectivity index (χ2n) is 1.82. The third-order valence-corrected chi connectivity index (χ3v) is 1.15. The van der Waals surface area contributed by atoms with Crippen molar-refractivity contribution >= 4 is 0 Å². The molecule has 0 spiro atoms. The molecule has 0 aliphatic carbocycles. The molecular weight excluding hydrogens is 100 g/mol. The molecule has 0 saturated carbocycles. The number of aliphatic hydroxyl groups is 1. The molecule has 0 bridgehead atoms. The number of aliphatic hydroxyl groups excluding tert-OH is 1. The molecule has 0 aliphatic heterocycles. The summed E-state index contributed by atoms with van der Waals surface area (Å²) in [5.74, 6) is 0.118. The molecule has 0 heterocycles. The zero-order chi connectivity index (χ0) is 6.57. The van der Waals surface area contributed by atoms with Crippen molar-refractivity contribution in [3.63, 3.8) is 0 Å². The van der Waals surface area contributed by atoms with Crippen LogP contribution in [0.1, 0.15) is 6.92 Å². The summed E-state index contributed by atoms with van der Waals surface area (Å²) in [4.78, 5) is 0. The molecule has 0 unspecified atom stereocenters. The van der Waals surface area contributed by atoms with Gasteiger partial charge in [-0.25, -0.2) is 0 Å². The van der Waals surface area contributed by atoms with E-state index in [0.717, 1.165) is 0 Å². The Bertz CT molecular complexity index is 74.4. The summed E-state index contributed by atoms with van der Waals surface area (Å²) in [6.45, 7) is 8.84. The maximum Gasteiger partial charge on any atom is 0.0778 e. The maximum absolute atomic E-state index is 8.94. The van der Waals surface area contributed by atoms with E-state index in [0.29, 0.717) is 0 Å². The summed E-state index contributed by atoms with van der Waals surface area (Å²) in [6.07, 6.45) is 2.77. The lowest BCUT2D eigenvalue weighted by Gasteiger charge is -2.07. The summed E-state index contributed by atoms with van der Waals surface area (Å²) in [7, 11) is 0. The number of rotatable bonds is 3. The Kier molecular flexibility index (Phi) is 3.20. The lowest BCUT2D eigenvalue weighted by Crippen LogP contribution is -2.10. The van der Waals surface area contributed by atoms with Crippen LogP contribution in [-0.4, -0.2) is 11.2 Å². The molecule has 0 radical (unpaired) electrons. The van der Waals surface area contributed by atoms with Crippen LogP contribution >= 0.6 is 0 Å². The molecule has 0 fully saturated rings. The molecule has 1 nitrogen and oxygen atoms in total. The average molecular weight is 112 g/mol. The lowest BCUT2D eigenvalue weighted by molar-refractivity contribution is 0.186. The number of hydrogen-bond acceptors (Lipinski definition) is 1. The fourth-order valence-electron chi connectivity index (χ4n) is 0.354. The summed E-state index contributed by atoms with van der Waals surface area (Å²) in [5, 5.41) is 8.94. The third kappa shape index (κ3) is 1.94. The molecule has 0 aromatic carbocycles. The van der Waals surface area contributed by atoms with Gasteiger partial charge in [0, 0.05) is 5.92 Å². The Labute approximate surface area is 50.3 Å². The first-order valence-electron chi connectivity index (χ1n) is 2.65. The van der Waals surface area contributed by atoms with Crippen LogP contribution in [0.4, 0.5) is 0 Å². The third-order valence-electron chi connectivity index (χ3n) is 1.15. The van der Waals surface area contributed by atoms with E-state index in [9.17, 15) is 0 Å². The highest BCUT2D eigenvalue weighted by molar-refractivity contribution is 4.90. The van der Waals surface area contributed by atoms with E-state index in [4.69, 9.17) is 5.11 Å². The van der Waals surface area contributed by atoms with Gasteiger partial charge in [0.2, 0.25) is 0 Å². The van der Waals surface area contributed by atoms with Gasteiger partial charge in [0.1, 0.15) is 0 Å². The Morgan fingerprint density at radius 3 is 2.00 bits per heavy atom. The van der Waals surface area contributed by atoms with Gasteiger partial charge in [-0.2, -0.15) is 0 Å². The Morgan fingerprint density at radius 1 is 1.38 bits per heavy atom. The molecule has 0 aromatic rings. The van der Waals surface area contributed by atoms with Gasteiger partial charge in [0.25, 0.3) is 0 Å². The molecule has 0 saturated heterocycles. The molecule has 0 aromatic heterocycles. The van der Waals surface area contributed by atoms with Gasteiger partial charge in [-0.1, -0.05) is 19.1 Å². The van der Waals surface area contributed by atoms with E-state index in [-0.39, 0.29) is 5.92 Å². The molecule has 0 amide bonds. The van der Waals surface area contributed by atoms with Gasteiger partial charge in [-0.3, -0.25) is 0 Å². The smallest absolute Gasteiger partial charge is 0.0778 e. The van der Waals surface area contributed by atoms with E-state index < -0.39 is 6.10 Å². The molecular formula is C7H12O. The minimum Gasteiger partial charge on any atom is -0.388 e. The van der Waals surface area contributed by atoms with Crippen molar-refractivity contribution in [2.24, 2.45) is 5.92 Å². The topological polar surface area (TPSA) is 20.2 Å². The van der Waals surface area contributed by atoms with Gasteiger partial charge in [-0.15, -0.1) is 13.2 Å². The molecule has 0 rings (SSSR count). The highest BCUT2D eigenvalue weighted by Gasteiger charge is 2.03. The van der Waals surface area contributed by atoms with Crippen molar-refractivity contribution < 1.29 is 5.11 Å². The van der Waals surface area contributed by atoms with Crippen molar-refractivity contribution in [3.05, 3.63) is 25.3 Å². The Morgan fingerprint density at radius 2 is 1.88 bits per heavy atom. The van der Waals surface area contributed by atoms with E-state index in [1.807, 2.05) is 6.92 Å². The fraction of sp³-hybridized carbons (Fsp3) is 0.429. The largest absolute Gasteiger partial charge is 0.388 e. The normalized spacial score (nSPS) is 16.8. The number of hydrogen-bond donors (Lipinski definition) is 1. The van der Waals surface area contributed by atoms with Crippen LogP contribution in [0, 0.1) is 5.92 Å². The first kappa shape index (κ1) is 7.44. The van der Waals surface area contributed by atoms with Crippen molar-refractivity contribution in [3.8, 4) is 0 Å². The van der Waals surface area contributed by atoms with Crippen molar-refractivity contribution in [1.82, 2.24) is 0 Å². The zero-order valence-corrected chi connectivity index (χ0v) is 5.17. The Balaban J connectivity index is 3.60. The highest BCUT2D eigenvalue weighted by Crippen LogP contribution is 2.02. The first-order valence-corrected chi connectivity index (χ1v) is 2.65. The van der Waals surface area contributed by atoms with Crippen LogP contribution in [0.5, 0.6) is 0 Å². The molecule has 1 heteroatoms. The monoisotopic (exact) mass is 112 g/mol.